The second kappa shape index (κ2) is 8.26. The molecule has 2 amide bonds. The quantitative estimate of drug-likeness (QED) is 0.752. The molecule has 2 atom stereocenters. The highest BCUT2D eigenvalue weighted by molar-refractivity contribution is 5.94. The number of hydrogen-bond donors (Lipinski definition) is 2. The van der Waals surface area contributed by atoms with Crippen LogP contribution in [0.25, 0.3) is 11.4 Å². The lowest BCUT2D eigenvalue weighted by molar-refractivity contribution is -0.121. The zero-order valence-electron chi connectivity index (χ0n) is 15.8. The fourth-order valence-corrected chi connectivity index (χ4v) is 3.38. The molecule has 2 aromatic rings. The molecule has 1 saturated heterocycles. The Morgan fingerprint density at radius 2 is 1.85 bits per heavy atom. The van der Waals surface area contributed by atoms with Crippen molar-refractivity contribution >= 4 is 11.8 Å². The minimum Gasteiger partial charge on any atom is -0.359 e. The van der Waals surface area contributed by atoms with Crippen molar-refractivity contribution in [2.45, 2.75) is 31.3 Å². The first kappa shape index (κ1) is 19.0. The van der Waals surface area contributed by atoms with Gasteiger partial charge in [0.2, 0.25) is 11.7 Å². The van der Waals surface area contributed by atoms with Crippen LogP contribution < -0.4 is 10.6 Å². The molecule has 0 spiro atoms. The van der Waals surface area contributed by atoms with Gasteiger partial charge in [-0.15, -0.1) is 10.2 Å². The Bertz CT molecular complexity index is 802. The fourth-order valence-electron chi connectivity index (χ4n) is 3.38. The summed E-state index contributed by atoms with van der Waals surface area (Å²) in [5.74, 6) is 0.463. The summed E-state index contributed by atoms with van der Waals surface area (Å²) in [4.78, 5) is 27.6. The van der Waals surface area contributed by atoms with Gasteiger partial charge in [0.05, 0.1) is 7.05 Å². The Labute approximate surface area is 158 Å². The van der Waals surface area contributed by atoms with E-state index in [2.05, 4.69) is 30.9 Å². The number of nitrogens with zero attached hydrogens (tertiary/aromatic N) is 5. The van der Waals surface area contributed by atoms with E-state index in [4.69, 9.17) is 0 Å². The van der Waals surface area contributed by atoms with Crippen molar-refractivity contribution in [2.24, 2.45) is 7.05 Å². The van der Waals surface area contributed by atoms with Crippen molar-refractivity contribution in [1.29, 1.82) is 0 Å². The fraction of sp³-hybridized carbons (Fsp3) is 0.500. The number of carbonyl (C=O) groups excluding carboxylic acids is 2. The van der Waals surface area contributed by atoms with Crippen molar-refractivity contribution in [3.05, 3.63) is 29.8 Å². The summed E-state index contributed by atoms with van der Waals surface area (Å²) in [6.45, 7) is 0.563. The average molecular weight is 371 g/mol. The summed E-state index contributed by atoms with van der Waals surface area (Å²) in [5.41, 5.74) is 1.40. The number of benzene rings is 1. The molecule has 0 bridgehead atoms. The van der Waals surface area contributed by atoms with Gasteiger partial charge in [0.25, 0.3) is 5.91 Å². The Kier molecular flexibility index (Phi) is 5.80. The van der Waals surface area contributed by atoms with Gasteiger partial charge in [-0.25, -0.2) is 0 Å². The molecule has 0 saturated carbocycles. The number of carbonyl (C=O) groups is 2. The van der Waals surface area contributed by atoms with Gasteiger partial charge in [0, 0.05) is 43.2 Å². The van der Waals surface area contributed by atoms with Gasteiger partial charge in [-0.1, -0.05) is 12.1 Å². The Balaban J connectivity index is 1.53. The topological polar surface area (TPSA) is 105 Å². The van der Waals surface area contributed by atoms with Crippen molar-refractivity contribution in [3.8, 4) is 11.4 Å². The second-order valence-corrected chi connectivity index (χ2v) is 6.82. The van der Waals surface area contributed by atoms with E-state index in [0.29, 0.717) is 24.4 Å². The molecule has 0 radical (unpaired) electrons. The van der Waals surface area contributed by atoms with E-state index < -0.39 is 0 Å². The highest BCUT2D eigenvalue weighted by atomic mass is 16.2. The monoisotopic (exact) mass is 371 g/mol. The molecule has 3 rings (SSSR count). The molecule has 0 unspecified atom stereocenters. The molecule has 27 heavy (non-hydrogen) atoms. The second-order valence-electron chi connectivity index (χ2n) is 6.82. The lowest BCUT2D eigenvalue weighted by Crippen LogP contribution is -2.42. The highest BCUT2D eigenvalue weighted by Crippen LogP contribution is 2.24. The molecule has 9 heteroatoms. The predicted octanol–water partition coefficient (Wildman–Crippen LogP) is 0.206. The maximum atomic E-state index is 12.4. The van der Waals surface area contributed by atoms with Crippen molar-refractivity contribution in [2.75, 3.05) is 20.6 Å². The van der Waals surface area contributed by atoms with Gasteiger partial charge in [-0.2, -0.15) is 4.80 Å². The van der Waals surface area contributed by atoms with E-state index in [1.165, 1.54) is 4.80 Å². The summed E-state index contributed by atoms with van der Waals surface area (Å²) >= 11 is 0. The number of likely N-dealkylation sites (N-methyl/N-ethyl adjacent to an activating group) is 1. The Hall–Kier alpha value is -2.81. The highest BCUT2D eigenvalue weighted by Gasteiger charge is 2.31. The van der Waals surface area contributed by atoms with E-state index in [9.17, 15) is 9.59 Å². The summed E-state index contributed by atoms with van der Waals surface area (Å²) in [6, 6.07) is 7.61. The molecule has 0 aliphatic carbocycles. The van der Waals surface area contributed by atoms with Gasteiger partial charge < -0.3 is 10.6 Å². The first-order valence-electron chi connectivity index (χ1n) is 9.03. The third-order valence-electron chi connectivity index (χ3n) is 5.10. The van der Waals surface area contributed by atoms with Crippen LogP contribution in [0.15, 0.2) is 24.3 Å². The molecule has 2 N–H and O–H groups in total. The summed E-state index contributed by atoms with van der Waals surface area (Å²) in [7, 11) is 5.37. The lowest BCUT2D eigenvalue weighted by atomic mass is 10.1. The first-order valence-corrected chi connectivity index (χ1v) is 9.03. The normalized spacial score (nSPS) is 19.8. The maximum Gasteiger partial charge on any atom is 0.251 e. The number of likely N-dealkylation sites (tertiary alicyclic amines) is 1. The number of nitrogens with one attached hydrogen (secondary N) is 2. The van der Waals surface area contributed by atoms with Crippen LogP contribution in [0.1, 0.15) is 29.6 Å². The van der Waals surface area contributed by atoms with Crippen LogP contribution in [0.5, 0.6) is 0 Å². The van der Waals surface area contributed by atoms with Crippen LogP contribution in [-0.2, 0) is 11.8 Å². The van der Waals surface area contributed by atoms with Crippen LogP contribution in [0.3, 0.4) is 0 Å². The molecule has 9 nitrogen and oxygen atoms in total. The predicted molar refractivity (Wildman–Crippen MR) is 99.8 cm³/mol. The van der Waals surface area contributed by atoms with Crippen LogP contribution >= 0.6 is 0 Å². The number of aryl methyl sites for hydroxylation is 1. The molecule has 1 aromatic heterocycles. The smallest absolute Gasteiger partial charge is 0.251 e. The van der Waals surface area contributed by atoms with E-state index in [-0.39, 0.29) is 23.9 Å². The van der Waals surface area contributed by atoms with E-state index in [1.807, 2.05) is 19.2 Å². The molecule has 1 aromatic carbocycles. The minimum absolute atomic E-state index is 0.0502. The summed E-state index contributed by atoms with van der Waals surface area (Å²) < 4.78 is 0. The molecule has 2 heterocycles. The average Bonchev–Trinajstić information content (AvgIpc) is 3.26. The molecule has 1 aliphatic heterocycles. The lowest BCUT2D eigenvalue weighted by Gasteiger charge is -2.25. The van der Waals surface area contributed by atoms with Gasteiger partial charge in [0.15, 0.2) is 0 Å². The molecule has 1 aliphatic rings. The number of tetrazole rings is 1. The number of hydrogen-bond acceptors (Lipinski definition) is 6. The maximum absolute atomic E-state index is 12.4. The standard InChI is InChI=1S/C18H25N7O2/c1-19-16(26)10-14-8-9-15(24(14)2)11-20-18(27)13-6-4-12(5-7-13)17-21-23-25(3)22-17/h4-7,14-15H,8-11H2,1-3H3,(H,19,26)(H,20,27)/t14-,15+/m1/s1. The van der Waals surface area contributed by atoms with Gasteiger partial charge in [-0.05, 0) is 37.2 Å². The van der Waals surface area contributed by atoms with Crippen LogP contribution in [-0.4, -0.2) is 69.6 Å². The van der Waals surface area contributed by atoms with E-state index in [1.54, 1.807) is 26.2 Å². The van der Waals surface area contributed by atoms with E-state index >= 15 is 0 Å². The van der Waals surface area contributed by atoms with E-state index in [0.717, 1.165) is 18.4 Å². The Morgan fingerprint density at radius 3 is 2.48 bits per heavy atom. The molecular formula is C18H25N7O2. The third-order valence-corrected chi connectivity index (χ3v) is 5.10. The zero-order valence-corrected chi connectivity index (χ0v) is 15.8. The third kappa shape index (κ3) is 4.48. The Morgan fingerprint density at radius 1 is 1.15 bits per heavy atom. The minimum atomic E-state index is -0.114. The first-order chi connectivity index (χ1) is 13.0. The number of aromatic nitrogens is 4. The van der Waals surface area contributed by atoms with Gasteiger partial charge in [-0.3, -0.25) is 14.5 Å². The molecule has 144 valence electrons. The summed E-state index contributed by atoms with van der Waals surface area (Å²) in [6.07, 6.45) is 2.43. The van der Waals surface area contributed by atoms with Crippen LogP contribution in [0, 0.1) is 0 Å². The summed E-state index contributed by atoms with van der Waals surface area (Å²) in [5, 5.41) is 17.6. The zero-order chi connectivity index (χ0) is 19.4. The number of amides is 2. The molecule has 1 fully saturated rings. The van der Waals surface area contributed by atoms with Crippen molar-refractivity contribution in [3.63, 3.8) is 0 Å². The van der Waals surface area contributed by atoms with Crippen LogP contribution in [0.4, 0.5) is 0 Å². The van der Waals surface area contributed by atoms with Gasteiger partial charge in [0.1, 0.15) is 0 Å². The van der Waals surface area contributed by atoms with Crippen molar-refractivity contribution in [1.82, 2.24) is 35.7 Å². The molecular weight excluding hydrogens is 346 g/mol. The largest absolute Gasteiger partial charge is 0.359 e. The SMILES string of the molecule is CNC(=O)C[C@H]1CC[C@@H](CNC(=O)c2ccc(-c3nnn(C)n3)cc2)N1C. The van der Waals surface area contributed by atoms with Crippen molar-refractivity contribution < 1.29 is 9.59 Å². The van der Waals surface area contributed by atoms with Gasteiger partial charge >= 0.3 is 0 Å². The number of rotatable bonds is 6. The van der Waals surface area contributed by atoms with Crippen LogP contribution in [0.2, 0.25) is 0 Å².